The van der Waals surface area contributed by atoms with Crippen LogP contribution < -0.4 is 5.32 Å². The lowest BCUT2D eigenvalue weighted by Crippen LogP contribution is -2.04. The fourth-order valence-electron chi connectivity index (χ4n) is 1.57. The van der Waals surface area contributed by atoms with E-state index in [9.17, 15) is 10.1 Å². The molecule has 0 spiro atoms. The molecule has 7 heteroatoms. The average Bonchev–Trinajstić information content (AvgIpc) is 2.88. The predicted molar refractivity (Wildman–Crippen MR) is 66.3 cm³/mol. The fourth-order valence-corrected chi connectivity index (χ4v) is 1.57. The van der Waals surface area contributed by atoms with Crippen LogP contribution in [0.4, 0.5) is 11.4 Å². The maximum atomic E-state index is 10.6. The van der Waals surface area contributed by atoms with E-state index >= 15 is 0 Å². The number of nitro benzene ring substituents is 1. The Bertz CT molecular complexity index is 512. The third-order valence-electron chi connectivity index (χ3n) is 2.44. The molecule has 0 saturated heterocycles. The molecule has 94 valence electrons. The quantitative estimate of drug-likeness (QED) is 0.460. The van der Waals surface area contributed by atoms with Gasteiger partial charge in [-0.15, -0.1) is 0 Å². The monoisotopic (exact) mass is 247 g/mol. The van der Waals surface area contributed by atoms with Crippen LogP contribution in [0.1, 0.15) is 12.2 Å². The first-order valence-corrected chi connectivity index (χ1v) is 5.58. The first-order valence-electron chi connectivity index (χ1n) is 5.58. The van der Waals surface area contributed by atoms with Gasteiger partial charge >= 0.3 is 0 Å². The molecule has 18 heavy (non-hydrogen) atoms. The van der Waals surface area contributed by atoms with E-state index in [2.05, 4.69) is 20.5 Å². The molecule has 0 aliphatic carbocycles. The number of H-pyrrole nitrogens is 1. The van der Waals surface area contributed by atoms with Crippen molar-refractivity contribution in [3.05, 3.63) is 46.5 Å². The molecule has 1 aromatic carbocycles. The Morgan fingerprint density at radius 1 is 1.44 bits per heavy atom. The molecule has 7 nitrogen and oxygen atoms in total. The topological polar surface area (TPSA) is 96.7 Å². The highest BCUT2D eigenvalue weighted by molar-refractivity contribution is 5.50. The van der Waals surface area contributed by atoms with Gasteiger partial charge in [-0.25, -0.2) is 4.98 Å². The molecule has 0 bridgehead atoms. The summed E-state index contributed by atoms with van der Waals surface area (Å²) in [6, 6.07) is 6.46. The van der Waals surface area contributed by atoms with Crippen LogP contribution in [0.25, 0.3) is 0 Å². The maximum absolute atomic E-state index is 10.6. The number of hydrogen-bond acceptors (Lipinski definition) is 5. The van der Waals surface area contributed by atoms with Crippen LogP contribution in [-0.4, -0.2) is 26.6 Å². The summed E-state index contributed by atoms with van der Waals surface area (Å²) in [6.07, 6.45) is 3.14. The second-order valence-electron chi connectivity index (χ2n) is 3.77. The van der Waals surface area contributed by atoms with Crippen LogP contribution in [0.3, 0.4) is 0 Å². The number of nitrogens with one attached hydrogen (secondary N) is 2. The maximum Gasteiger partial charge on any atom is 0.271 e. The van der Waals surface area contributed by atoms with Crippen LogP contribution >= 0.6 is 0 Å². The van der Waals surface area contributed by atoms with Crippen LogP contribution in [0.15, 0.2) is 30.6 Å². The van der Waals surface area contributed by atoms with Gasteiger partial charge in [0.25, 0.3) is 5.69 Å². The molecule has 0 aliphatic rings. The van der Waals surface area contributed by atoms with E-state index in [0.29, 0.717) is 0 Å². The van der Waals surface area contributed by atoms with Crippen LogP contribution in [0, 0.1) is 10.1 Å². The van der Waals surface area contributed by atoms with E-state index in [-0.39, 0.29) is 5.69 Å². The van der Waals surface area contributed by atoms with Gasteiger partial charge in [0.15, 0.2) is 0 Å². The van der Waals surface area contributed by atoms with Gasteiger partial charge in [0.05, 0.1) is 4.92 Å². The molecule has 0 aliphatic heterocycles. The highest BCUT2D eigenvalue weighted by Crippen LogP contribution is 2.16. The van der Waals surface area contributed by atoms with E-state index < -0.39 is 4.92 Å². The summed E-state index contributed by atoms with van der Waals surface area (Å²) in [4.78, 5) is 14.2. The van der Waals surface area contributed by atoms with Gasteiger partial charge in [0.1, 0.15) is 12.2 Å². The number of aryl methyl sites for hydroxylation is 1. The molecule has 0 amide bonds. The summed E-state index contributed by atoms with van der Waals surface area (Å²) in [5.74, 6) is 0.843. The lowest BCUT2D eigenvalue weighted by atomic mass is 10.2. The number of aromatic nitrogens is 3. The van der Waals surface area contributed by atoms with Crippen LogP contribution in [-0.2, 0) is 6.42 Å². The summed E-state index contributed by atoms with van der Waals surface area (Å²) in [5.41, 5.74) is 0.844. The Hall–Kier alpha value is -2.44. The lowest BCUT2D eigenvalue weighted by Gasteiger charge is -2.04. The minimum atomic E-state index is -0.403. The molecule has 0 radical (unpaired) electrons. The zero-order valence-electron chi connectivity index (χ0n) is 9.67. The minimum Gasteiger partial charge on any atom is -0.385 e. The molecular weight excluding hydrogens is 234 g/mol. The Labute approximate surface area is 103 Å². The van der Waals surface area contributed by atoms with Crippen LogP contribution in [0.5, 0.6) is 0 Å². The van der Waals surface area contributed by atoms with E-state index in [0.717, 1.165) is 30.9 Å². The standard InChI is InChI=1S/C11H13N5O2/c17-16(18)10-4-1-3-9(7-10)12-6-2-5-11-13-8-14-15-11/h1,3-4,7-8,12H,2,5-6H2,(H,13,14,15). The smallest absolute Gasteiger partial charge is 0.271 e. The van der Waals surface area contributed by atoms with Gasteiger partial charge in [-0.2, -0.15) is 5.10 Å². The fraction of sp³-hybridized carbons (Fsp3) is 0.273. The van der Waals surface area contributed by atoms with E-state index in [1.165, 1.54) is 18.5 Å². The molecule has 0 saturated carbocycles. The van der Waals surface area contributed by atoms with Crippen molar-refractivity contribution >= 4 is 11.4 Å². The van der Waals surface area contributed by atoms with Gasteiger partial charge in [-0.1, -0.05) is 6.07 Å². The molecule has 1 aromatic heterocycles. The zero-order valence-corrected chi connectivity index (χ0v) is 9.67. The van der Waals surface area contributed by atoms with Crippen molar-refractivity contribution in [1.29, 1.82) is 0 Å². The molecule has 2 N–H and O–H groups in total. The van der Waals surface area contributed by atoms with Crippen molar-refractivity contribution in [2.24, 2.45) is 0 Å². The van der Waals surface area contributed by atoms with Gasteiger partial charge in [0, 0.05) is 30.8 Å². The van der Waals surface area contributed by atoms with Gasteiger partial charge in [-0.05, 0) is 12.5 Å². The Kier molecular flexibility index (Phi) is 3.85. The number of aromatic amines is 1. The molecular formula is C11H13N5O2. The number of rotatable bonds is 6. The third kappa shape index (κ3) is 3.27. The molecule has 1 heterocycles. The minimum absolute atomic E-state index is 0.0928. The summed E-state index contributed by atoms with van der Waals surface area (Å²) in [5, 5.41) is 20.3. The largest absolute Gasteiger partial charge is 0.385 e. The second kappa shape index (κ2) is 5.76. The first-order chi connectivity index (χ1) is 8.75. The molecule has 0 unspecified atom stereocenters. The Balaban J connectivity index is 1.79. The number of nitro groups is 1. The van der Waals surface area contributed by atoms with E-state index in [1.807, 2.05) is 0 Å². The summed E-state index contributed by atoms with van der Waals surface area (Å²) in [6.45, 7) is 0.724. The second-order valence-corrected chi connectivity index (χ2v) is 3.77. The number of benzene rings is 1. The Morgan fingerprint density at radius 2 is 2.33 bits per heavy atom. The van der Waals surface area contributed by atoms with Gasteiger partial charge < -0.3 is 5.32 Å². The number of non-ortho nitro benzene ring substituents is 1. The summed E-state index contributed by atoms with van der Waals surface area (Å²) < 4.78 is 0. The van der Waals surface area contributed by atoms with Crippen LogP contribution in [0.2, 0.25) is 0 Å². The van der Waals surface area contributed by atoms with E-state index in [4.69, 9.17) is 0 Å². The molecule has 0 fully saturated rings. The molecule has 2 rings (SSSR count). The number of hydrogen-bond donors (Lipinski definition) is 2. The van der Waals surface area contributed by atoms with Crippen molar-refractivity contribution in [2.45, 2.75) is 12.8 Å². The Morgan fingerprint density at radius 3 is 3.06 bits per heavy atom. The lowest BCUT2D eigenvalue weighted by molar-refractivity contribution is -0.384. The normalized spacial score (nSPS) is 10.2. The number of nitrogens with zero attached hydrogens (tertiary/aromatic N) is 3. The van der Waals surface area contributed by atoms with Crippen molar-refractivity contribution < 1.29 is 4.92 Å². The summed E-state index contributed by atoms with van der Waals surface area (Å²) >= 11 is 0. The SMILES string of the molecule is O=[N+]([O-])c1cccc(NCCCc2ncn[nH]2)c1. The number of anilines is 1. The van der Waals surface area contributed by atoms with Crippen molar-refractivity contribution in [1.82, 2.24) is 15.2 Å². The average molecular weight is 247 g/mol. The molecule has 0 atom stereocenters. The zero-order chi connectivity index (χ0) is 12.8. The first kappa shape index (κ1) is 12.0. The van der Waals surface area contributed by atoms with Gasteiger partial charge in [-0.3, -0.25) is 15.2 Å². The third-order valence-corrected chi connectivity index (χ3v) is 2.44. The van der Waals surface area contributed by atoms with Crippen molar-refractivity contribution in [2.75, 3.05) is 11.9 Å². The van der Waals surface area contributed by atoms with Crippen molar-refractivity contribution in [3.63, 3.8) is 0 Å². The van der Waals surface area contributed by atoms with Crippen molar-refractivity contribution in [3.8, 4) is 0 Å². The van der Waals surface area contributed by atoms with E-state index in [1.54, 1.807) is 12.1 Å². The highest BCUT2D eigenvalue weighted by Gasteiger charge is 2.04. The summed E-state index contributed by atoms with van der Waals surface area (Å²) in [7, 11) is 0. The predicted octanol–water partition coefficient (Wildman–Crippen LogP) is 1.76. The van der Waals surface area contributed by atoms with Gasteiger partial charge in [0.2, 0.25) is 0 Å². The highest BCUT2D eigenvalue weighted by atomic mass is 16.6. The molecule has 2 aromatic rings.